The Balaban J connectivity index is 1.18. The number of benzene rings is 4. The Morgan fingerprint density at radius 1 is 0.913 bits per heavy atom. The number of para-hydroxylation sites is 1. The van der Waals surface area contributed by atoms with Crippen molar-refractivity contribution in [2.45, 2.75) is 25.2 Å². The lowest BCUT2D eigenvalue weighted by atomic mass is 10.0. The van der Waals surface area contributed by atoms with E-state index in [-0.39, 0.29) is 43.6 Å². The van der Waals surface area contributed by atoms with Crippen LogP contribution in [0.2, 0.25) is 0 Å². The van der Waals surface area contributed by atoms with Crippen LogP contribution < -0.4 is 20.1 Å². The number of halogens is 1. The predicted molar refractivity (Wildman–Crippen MR) is 168 cm³/mol. The molecule has 4 heterocycles. The summed E-state index contributed by atoms with van der Waals surface area (Å²) in [5, 5.41) is 11.1. The van der Waals surface area contributed by atoms with Crippen LogP contribution in [0.15, 0.2) is 97.2 Å². The number of rotatable bonds is 2. The van der Waals surface area contributed by atoms with Crippen molar-refractivity contribution in [3.63, 3.8) is 0 Å². The molecule has 5 aromatic rings. The molecule has 0 radical (unpaired) electrons. The monoisotopic (exact) mass is 619 g/mol. The molecule has 1 aromatic heterocycles. The minimum Gasteiger partial charge on any atom is -0.486 e. The Hall–Kier alpha value is -5.71. The molecule has 3 aliphatic rings. The number of carbonyl (C=O) groups excluding carboxylic acids is 3. The standard InChI is InChI=1S/C35H30FN5O5/c36-29-13-10-24-15-28(29)35(44)39-30-18-40(34(43)20-41-31-7-2-1-4-25(31)17-38-41)19-32(30)46-26-11-8-22(9-12-26)16-37-33(42)21-45-27-6-3-5-23(24)14-27/h1-15,17,30,32H,16,18-21H2,(H,37,42)(H,39,44)/t30-,32-/m0/s1. The van der Waals surface area contributed by atoms with E-state index in [0.29, 0.717) is 29.2 Å². The average molecular weight is 620 g/mol. The van der Waals surface area contributed by atoms with Crippen LogP contribution in [0, 0.1) is 5.82 Å². The van der Waals surface area contributed by atoms with Crippen molar-refractivity contribution in [3.8, 4) is 22.6 Å². The van der Waals surface area contributed by atoms with Crippen molar-refractivity contribution in [3.05, 3.63) is 114 Å². The highest BCUT2D eigenvalue weighted by Crippen LogP contribution is 2.27. The van der Waals surface area contributed by atoms with Crippen molar-refractivity contribution >= 4 is 28.6 Å². The number of hydrogen-bond donors (Lipinski definition) is 2. The summed E-state index contributed by atoms with van der Waals surface area (Å²) in [5.74, 6) is -0.804. The van der Waals surface area contributed by atoms with E-state index in [4.69, 9.17) is 9.47 Å². The van der Waals surface area contributed by atoms with Crippen LogP contribution in [0.3, 0.4) is 0 Å². The molecule has 10 nitrogen and oxygen atoms in total. The van der Waals surface area contributed by atoms with Crippen molar-refractivity contribution in [2.24, 2.45) is 0 Å². The third-order valence-electron chi connectivity index (χ3n) is 8.22. The predicted octanol–water partition coefficient (Wildman–Crippen LogP) is 3.94. The second kappa shape index (κ2) is 12.4. The first-order valence-electron chi connectivity index (χ1n) is 14.9. The number of fused-ring (bicyclic) bond motifs is 8. The summed E-state index contributed by atoms with van der Waals surface area (Å²) in [6, 6.07) is 25.5. The van der Waals surface area contributed by atoms with Crippen LogP contribution in [0.4, 0.5) is 4.39 Å². The van der Waals surface area contributed by atoms with Crippen molar-refractivity contribution < 1.29 is 28.2 Å². The molecule has 0 aliphatic carbocycles. The molecule has 232 valence electrons. The second-order valence-corrected chi connectivity index (χ2v) is 11.3. The number of aromatic nitrogens is 2. The molecule has 8 rings (SSSR count). The van der Waals surface area contributed by atoms with E-state index >= 15 is 4.39 Å². The molecule has 0 saturated carbocycles. The zero-order valence-electron chi connectivity index (χ0n) is 24.7. The number of amides is 3. The van der Waals surface area contributed by atoms with Gasteiger partial charge in [0.25, 0.3) is 11.8 Å². The van der Waals surface area contributed by atoms with Gasteiger partial charge in [-0.25, -0.2) is 4.39 Å². The van der Waals surface area contributed by atoms with Crippen LogP contribution in [0.1, 0.15) is 15.9 Å². The van der Waals surface area contributed by atoms with Crippen molar-refractivity contribution in [2.75, 3.05) is 19.7 Å². The highest BCUT2D eigenvalue weighted by atomic mass is 19.1. The minimum atomic E-state index is -0.683. The number of carbonyl (C=O) groups is 3. The molecular formula is C35H30FN5O5. The van der Waals surface area contributed by atoms with E-state index in [1.165, 1.54) is 12.1 Å². The molecule has 0 spiro atoms. The van der Waals surface area contributed by atoms with Gasteiger partial charge in [-0.2, -0.15) is 5.10 Å². The fraction of sp³-hybridized carbons (Fsp3) is 0.200. The van der Waals surface area contributed by atoms with Crippen LogP contribution in [0.5, 0.6) is 11.5 Å². The van der Waals surface area contributed by atoms with E-state index < -0.39 is 23.9 Å². The van der Waals surface area contributed by atoms with Gasteiger partial charge in [0.15, 0.2) is 6.61 Å². The largest absolute Gasteiger partial charge is 0.486 e. The lowest BCUT2D eigenvalue weighted by Crippen LogP contribution is -2.45. The summed E-state index contributed by atoms with van der Waals surface area (Å²) in [4.78, 5) is 41.2. The van der Waals surface area contributed by atoms with Gasteiger partial charge in [-0.3, -0.25) is 19.1 Å². The van der Waals surface area contributed by atoms with Gasteiger partial charge in [0, 0.05) is 18.5 Å². The van der Waals surface area contributed by atoms with Gasteiger partial charge in [0.2, 0.25) is 5.91 Å². The van der Waals surface area contributed by atoms with Gasteiger partial charge in [-0.15, -0.1) is 0 Å². The molecule has 2 atom stereocenters. The third kappa shape index (κ3) is 6.12. The zero-order valence-corrected chi connectivity index (χ0v) is 24.7. The molecule has 6 bridgehead atoms. The van der Waals surface area contributed by atoms with Crippen LogP contribution >= 0.6 is 0 Å². The Morgan fingerprint density at radius 3 is 2.61 bits per heavy atom. The van der Waals surface area contributed by atoms with Gasteiger partial charge >= 0.3 is 0 Å². The lowest BCUT2D eigenvalue weighted by Gasteiger charge is -2.21. The van der Waals surface area contributed by atoms with Crippen molar-refractivity contribution in [1.29, 1.82) is 0 Å². The van der Waals surface area contributed by atoms with E-state index in [0.717, 1.165) is 16.5 Å². The maximum atomic E-state index is 15.1. The smallest absolute Gasteiger partial charge is 0.258 e. The molecule has 3 aliphatic heterocycles. The molecule has 1 saturated heterocycles. The second-order valence-electron chi connectivity index (χ2n) is 11.3. The maximum Gasteiger partial charge on any atom is 0.258 e. The van der Waals surface area contributed by atoms with E-state index in [9.17, 15) is 14.4 Å². The van der Waals surface area contributed by atoms with Crippen LogP contribution in [0.25, 0.3) is 22.0 Å². The van der Waals surface area contributed by atoms with E-state index in [1.54, 1.807) is 52.2 Å². The van der Waals surface area contributed by atoms with Gasteiger partial charge in [-0.1, -0.05) is 48.5 Å². The van der Waals surface area contributed by atoms with Crippen LogP contribution in [-0.4, -0.2) is 64.2 Å². The highest BCUT2D eigenvalue weighted by molar-refractivity contribution is 5.96. The normalized spacial score (nSPS) is 18.2. The summed E-state index contributed by atoms with van der Waals surface area (Å²) in [5.41, 5.74) is 2.83. The summed E-state index contributed by atoms with van der Waals surface area (Å²) in [6.07, 6.45) is 1.10. The SMILES string of the molecule is O=C1COc2cccc(c2)-c2ccc(F)c(c2)C(=O)N[C@H]2CN(C(=O)Cn3ncc4ccccc43)C[C@@H]2Oc2ccc(cc2)CN1. The molecular weight excluding hydrogens is 589 g/mol. The van der Waals surface area contributed by atoms with Gasteiger partial charge in [0.05, 0.1) is 29.9 Å². The van der Waals surface area contributed by atoms with Gasteiger partial charge in [-0.05, 0) is 59.2 Å². The van der Waals surface area contributed by atoms with E-state index in [1.807, 2.05) is 42.5 Å². The summed E-state index contributed by atoms with van der Waals surface area (Å²) in [6.45, 7) is 0.500. The first-order chi connectivity index (χ1) is 22.4. The molecule has 1 fully saturated rings. The summed E-state index contributed by atoms with van der Waals surface area (Å²) in [7, 11) is 0. The lowest BCUT2D eigenvalue weighted by molar-refractivity contribution is -0.131. The highest BCUT2D eigenvalue weighted by Gasteiger charge is 2.38. The molecule has 3 amide bonds. The Morgan fingerprint density at radius 2 is 1.74 bits per heavy atom. The molecule has 2 N–H and O–H groups in total. The number of hydrogen-bond acceptors (Lipinski definition) is 6. The Labute approximate surface area is 263 Å². The molecule has 11 heteroatoms. The van der Waals surface area contributed by atoms with Gasteiger partial charge < -0.3 is 25.0 Å². The number of likely N-dealkylation sites (tertiary alicyclic amines) is 1. The Bertz CT molecular complexity index is 1940. The third-order valence-corrected chi connectivity index (χ3v) is 8.22. The maximum absolute atomic E-state index is 15.1. The number of ether oxygens (including phenoxy) is 2. The Kier molecular flexibility index (Phi) is 7.79. The summed E-state index contributed by atoms with van der Waals surface area (Å²) < 4.78 is 28.7. The van der Waals surface area contributed by atoms with Gasteiger partial charge in [0.1, 0.15) is 30.0 Å². The number of nitrogens with zero attached hydrogens (tertiary/aromatic N) is 3. The quantitative estimate of drug-likeness (QED) is 0.310. The molecule has 0 unspecified atom stereocenters. The van der Waals surface area contributed by atoms with E-state index in [2.05, 4.69) is 15.7 Å². The topological polar surface area (TPSA) is 115 Å². The first-order valence-corrected chi connectivity index (χ1v) is 14.9. The summed E-state index contributed by atoms with van der Waals surface area (Å²) >= 11 is 0. The molecule has 4 aromatic carbocycles. The zero-order chi connectivity index (χ0) is 31.6. The fourth-order valence-corrected chi connectivity index (χ4v) is 5.77. The fourth-order valence-electron chi connectivity index (χ4n) is 5.77. The first kappa shape index (κ1) is 29.0. The average Bonchev–Trinajstić information content (AvgIpc) is 3.67. The molecule has 46 heavy (non-hydrogen) atoms. The van der Waals surface area contributed by atoms with Crippen LogP contribution in [-0.2, 0) is 22.7 Å². The minimum absolute atomic E-state index is 0.0147. The number of nitrogens with one attached hydrogen (secondary N) is 2. The van der Waals surface area contributed by atoms with Crippen molar-refractivity contribution in [1.82, 2.24) is 25.3 Å².